The van der Waals surface area contributed by atoms with Crippen molar-refractivity contribution in [2.45, 2.75) is 58.8 Å². The molecule has 1 aliphatic rings. The van der Waals surface area contributed by atoms with Crippen molar-refractivity contribution in [3.8, 4) is 5.75 Å². The van der Waals surface area contributed by atoms with E-state index in [9.17, 15) is 5.11 Å². The van der Waals surface area contributed by atoms with Gasteiger partial charge in [-0.05, 0) is 63.4 Å². The second kappa shape index (κ2) is 6.75. The summed E-state index contributed by atoms with van der Waals surface area (Å²) in [4.78, 5) is 4.45. The standard InChI is InChI=1S/C20H27ClN2O2/c1-11(2)6-7-22-18-14-9-15-13(12(3)8-17(21)23-15)10-16(14)25-20(4,5)19(18)24/h8-11,18-19,22,24H,6-7H2,1-5H3/t18-,19+/m0/s1. The second-order valence-electron chi connectivity index (χ2n) is 7.93. The number of rotatable bonds is 4. The monoisotopic (exact) mass is 362 g/mol. The maximum Gasteiger partial charge on any atom is 0.131 e. The van der Waals surface area contributed by atoms with Gasteiger partial charge < -0.3 is 15.2 Å². The largest absolute Gasteiger partial charge is 0.485 e. The normalized spacial score (nSPS) is 22.1. The number of aliphatic hydroxyl groups is 1. The molecular formula is C20H27ClN2O2. The molecule has 1 aromatic carbocycles. The Balaban J connectivity index is 2.06. The summed E-state index contributed by atoms with van der Waals surface area (Å²) in [6.07, 6.45) is 0.404. The predicted octanol–water partition coefficient (Wildman–Crippen LogP) is 4.41. The van der Waals surface area contributed by atoms with Crippen LogP contribution in [0.2, 0.25) is 5.15 Å². The number of fused-ring (bicyclic) bond motifs is 2. The topological polar surface area (TPSA) is 54.4 Å². The van der Waals surface area contributed by atoms with Gasteiger partial charge in [-0.2, -0.15) is 0 Å². The van der Waals surface area contributed by atoms with Gasteiger partial charge in [0.05, 0.1) is 11.6 Å². The molecule has 0 aliphatic carbocycles. The van der Waals surface area contributed by atoms with Crippen molar-refractivity contribution in [1.29, 1.82) is 0 Å². The van der Waals surface area contributed by atoms with Crippen molar-refractivity contribution < 1.29 is 9.84 Å². The van der Waals surface area contributed by atoms with Crippen LogP contribution in [0.15, 0.2) is 18.2 Å². The van der Waals surface area contributed by atoms with Gasteiger partial charge in [0.1, 0.15) is 22.6 Å². The van der Waals surface area contributed by atoms with Gasteiger partial charge in [-0.1, -0.05) is 25.4 Å². The minimum Gasteiger partial charge on any atom is -0.485 e. The number of pyridine rings is 1. The number of nitrogens with zero attached hydrogens (tertiary/aromatic N) is 1. The molecule has 0 radical (unpaired) electrons. The number of aromatic nitrogens is 1. The van der Waals surface area contributed by atoms with Crippen LogP contribution in [0.5, 0.6) is 5.75 Å². The highest BCUT2D eigenvalue weighted by Gasteiger charge is 2.42. The zero-order valence-corrected chi connectivity index (χ0v) is 16.3. The SMILES string of the molecule is Cc1cc(Cl)nc2cc3c(cc12)OC(C)(C)[C@H](O)[C@H]3NCCC(C)C. The Morgan fingerprint density at radius 1 is 1.32 bits per heavy atom. The third-order valence-corrected chi connectivity index (χ3v) is 5.13. The first-order valence-electron chi connectivity index (χ1n) is 8.90. The van der Waals surface area contributed by atoms with Crippen molar-refractivity contribution in [1.82, 2.24) is 10.3 Å². The third-order valence-electron chi connectivity index (χ3n) is 4.94. The lowest BCUT2D eigenvalue weighted by Gasteiger charge is -2.42. The molecule has 2 aromatic rings. The van der Waals surface area contributed by atoms with Gasteiger partial charge in [0.15, 0.2) is 0 Å². The molecule has 2 N–H and O–H groups in total. The van der Waals surface area contributed by atoms with Crippen molar-refractivity contribution in [2.75, 3.05) is 6.54 Å². The van der Waals surface area contributed by atoms with Crippen LogP contribution in [0.4, 0.5) is 0 Å². The Labute approximate surface area is 154 Å². The second-order valence-corrected chi connectivity index (χ2v) is 8.32. The molecule has 1 aromatic heterocycles. The molecule has 0 saturated heterocycles. The van der Waals surface area contributed by atoms with Crippen LogP contribution in [-0.4, -0.2) is 28.3 Å². The molecule has 136 valence electrons. The quantitative estimate of drug-likeness (QED) is 0.791. The summed E-state index contributed by atoms with van der Waals surface area (Å²) in [6, 6.07) is 5.68. The fourth-order valence-corrected chi connectivity index (χ4v) is 3.65. The minimum absolute atomic E-state index is 0.192. The smallest absolute Gasteiger partial charge is 0.131 e. The third kappa shape index (κ3) is 3.62. The van der Waals surface area contributed by atoms with Crippen LogP contribution in [0.25, 0.3) is 10.9 Å². The zero-order valence-electron chi connectivity index (χ0n) is 15.6. The minimum atomic E-state index is -0.663. The van der Waals surface area contributed by atoms with Crippen LogP contribution in [-0.2, 0) is 0 Å². The molecule has 2 heterocycles. The number of hydrogen-bond donors (Lipinski definition) is 2. The fraction of sp³-hybridized carbons (Fsp3) is 0.550. The summed E-state index contributed by atoms with van der Waals surface area (Å²) in [5, 5.41) is 15.9. The summed E-state index contributed by atoms with van der Waals surface area (Å²) < 4.78 is 6.13. The average molecular weight is 363 g/mol. The Morgan fingerprint density at radius 2 is 2.04 bits per heavy atom. The number of ether oxygens (including phenoxy) is 1. The van der Waals surface area contributed by atoms with E-state index >= 15 is 0 Å². The van der Waals surface area contributed by atoms with Crippen molar-refractivity contribution in [2.24, 2.45) is 5.92 Å². The van der Waals surface area contributed by atoms with Gasteiger partial charge in [-0.3, -0.25) is 0 Å². The van der Waals surface area contributed by atoms with Crippen LogP contribution in [0.3, 0.4) is 0 Å². The number of hydrogen-bond acceptors (Lipinski definition) is 4. The summed E-state index contributed by atoms with van der Waals surface area (Å²) in [7, 11) is 0. The highest BCUT2D eigenvalue weighted by atomic mass is 35.5. The van der Waals surface area contributed by atoms with E-state index in [1.54, 1.807) is 0 Å². The Morgan fingerprint density at radius 3 is 2.72 bits per heavy atom. The molecule has 2 atom stereocenters. The van der Waals surface area contributed by atoms with E-state index in [-0.39, 0.29) is 6.04 Å². The van der Waals surface area contributed by atoms with Crippen molar-refractivity contribution in [3.05, 3.63) is 34.5 Å². The number of benzene rings is 1. The first-order chi connectivity index (χ1) is 11.7. The molecule has 1 aliphatic heterocycles. The van der Waals surface area contributed by atoms with Crippen LogP contribution in [0, 0.1) is 12.8 Å². The van der Waals surface area contributed by atoms with Crippen molar-refractivity contribution >= 4 is 22.5 Å². The molecule has 0 unspecified atom stereocenters. The lowest BCUT2D eigenvalue weighted by Crippen LogP contribution is -2.52. The molecule has 0 amide bonds. The van der Waals surface area contributed by atoms with E-state index in [1.807, 2.05) is 39.0 Å². The maximum absolute atomic E-state index is 10.9. The van der Waals surface area contributed by atoms with E-state index in [0.717, 1.165) is 40.7 Å². The van der Waals surface area contributed by atoms with E-state index in [1.165, 1.54) is 0 Å². The number of aliphatic hydroxyl groups excluding tert-OH is 1. The number of nitrogens with one attached hydrogen (secondary N) is 1. The van der Waals surface area contributed by atoms with Gasteiger partial charge >= 0.3 is 0 Å². The summed E-state index contributed by atoms with van der Waals surface area (Å²) in [5.41, 5.74) is 2.17. The maximum atomic E-state index is 10.9. The highest BCUT2D eigenvalue weighted by Crippen LogP contribution is 2.42. The molecule has 0 bridgehead atoms. The Hall–Kier alpha value is -1.36. The number of aryl methyl sites for hydroxylation is 1. The molecule has 0 spiro atoms. The first-order valence-corrected chi connectivity index (χ1v) is 9.28. The molecular weight excluding hydrogens is 336 g/mol. The van der Waals surface area contributed by atoms with E-state index in [4.69, 9.17) is 16.3 Å². The van der Waals surface area contributed by atoms with Gasteiger partial charge in [-0.25, -0.2) is 4.98 Å². The summed E-state index contributed by atoms with van der Waals surface area (Å²) in [6.45, 7) is 11.1. The summed E-state index contributed by atoms with van der Waals surface area (Å²) in [5.74, 6) is 1.41. The van der Waals surface area contributed by atoms with Crippen LogP contribution < -0.4 is 10.1 Å². The average Bonchev–Trinajstić information content (AvgIpc) is 2.49. The number of halogens is 1. The van der Waals surface area contributed by atoms with Gasteiger partial charge in [0, 0.05) is 10.9 Å². The predicted molar refractivity (Wildman–Crippen MR) is 102 cm³/mol. The van der Waals surface area contributed by atoms with Crippen LogP contribution >= 0.6 is 11.6 Å². The molecule has 0 saturated carbocycles. The molecule has 3 rings (SSSR count). The van der Waals surface area contributed by atoms with E-state index in [2.05, 4.69) is 24.1 Å². The lowest BCUT2D eigenvalue weighted by atomic mass is 9.85. The van der Waals surface area contributed by atoms with Gasteiger partial charge in [-0.15, -0.1) is 0 Å². The fourth-order valence-electron chi connectivity index (χ4n) is 3.39. The highest BCUT2D eigenvalue weighted by molar-refractivity contribution is 6.29. The summed E-state index contributed by atoms with van der Waals surface area (Å²) >= 11 is 6.13. The van der Waals surface area contributed by atoms with E-state index < -0.39 is 11.7 Å². The molecule has 5 heteroatoms. The lowest BCUT2D eigenvalue weighted by molar-refractivity contribution is -0.0644. The molecule has 4 nitrogen and oxygen atoms in total. The van der Waals surface area contributed by atoms with Crippen molar-refractivity contribution in [3.63, 3.8) is 0 Å². The Kier molecular flexibility index (Phi) is 4.97. The van der Waals surface area contributed by atoms with Gasteiger partial charge in [0.25, 0.3) is 0 Å². The zero-order chi connectivity index (χ0) is 18.4. The van der Waals surface area contributed by atoms with Crippen LogP contribution in [0.1, 0.15) is 51.3 Å². The van der Waals surface area contributed by atoms with E-state index in [0.29, 0.717) is 11.1 Å². The first kappa shape index (κ1) is 18.4. The molecule has 25 heavy (non-hydrogen) atoms. The molecule has 0 fully saturated rings. The van der Waals surface area contributed by atoms with Gasteiger partial charge in [0.2, 0.25) is 0 Å². The Bertz CT molecular complexity index is 789.